The van der Waals surface area contributed by atoms with Crippen LogP contribution in [0.3, 0.4) is 0 Å². The first-order valence-corrected chi connectivity index (χ1v) is 16.6. The Morgan fingerprint density at radius 1 is 1.12 bits per heavy atom. The van der Waals surface area contributed by atoms with Crippen molar-refractivity contribution in [2.75, 3.05) is 57.9 Å². The number of piperidine rings is 2. The minimum absolute atomic E-state index is 0.125. The molecule has 11 heteroatoms. The number of likely N-dealkylation sites (tertiary alicyclic amines) is 1. The van der Waals surface area contributed by atoms with Crippen LogP contribution in [0.25, 0.3) is 0 Å². The Labute approximate surface area is 262 Å². The fourth-order valence-electron chi connectivity index (χ4n) is 5.72. The Bertz CT molecular complexity index is 1080. The molecule has 0 aromatic heterocycles. The number of benzene rings is 1. The molecule has 1 aromatic rings. The second-order valence-corrected chi connectivity index (χ2v) is 13.8. The molecule has 240 valence electrons. The number of ether oxygens (including phenoxy) is 1. The van der Waals surface area contributed by atoms with Gasteiger partial charge in [-0.05, 0) is 96.5 Å². The highest BCUT2D eigenvalue weighted by Crippen LogP contribution is 2.32. The second kappa shape index (κ2) is 17.0. The number of hydrogen-bond acceptors (Lipinski definition) is 9. The topological polar surface area (TPSA) is 127 Å². The number of alkyl carbamates (subject to hydrolysis) is 1. The quantitative estimate of drug-likeness (QED) is 0.103. The smallest absolute Gasteiger partial charge is 0.407 e. The third-order valence-electron chi connectivity index (χ3n) is 8.23. The van der Waals surface area contributed by atoms with Crippen molar-refractivity contribution >= 4 is 41.6 Å². The normalized spacial score (nSPS) is 18.1. The van der Waals surface area contributed by atoms with Crippen LogP contribution in [0.2, 0.25) is 0 Å². The van der Waals surface area contributed by atoms with E-state index in [1.165, 1.54) is 5.56 Å². The fourth-order valence-corrected chi connectivity index (χ4v) is 6.71. The third kappa shape index (κ3) is 11.4. The van der Waals surface area contributed by atoms with Crippen LogP contribution in [0.4, 0.5) is 10.5 Å². The van der Waals surface area contributed by atoms with Gasteiger partial charge in [-0.1, -0.05) is 24.1 Å². The van der Waals surface area contributed by atoms with Crippen molar-refractivity contribution in [3.63, 3.8) is 0 Å². The van der Waals surface area contributed by atoms with Crippen molar-refractivity contribution in [3.05, 3.63) is 29.3 Å². The molecule has 2 heterocycles. The molecule has 1 atom stereocenters. The summed E-state index contributed by atoms with van der Waals surface area (Å²) in [5.41, 5.74) is 2.64. The van der Waals surface area contributed by atoms with E-state index >= 15 is 0 Å². The van der Waals surface area contributed by atoms with E-state index in [4.69, 9.17) is 10.1 Å². The van der Waals surface area contributed by atoms with Gasteiger partial charge in [0.2, 0.25) is 5.91 Å². The average Bonchev–Trinajstić information content (AvgIpc) is 2.99. The Morgan fingerprint density at radius 3 is 2.42 bits per heavy atom. The van der Waals surface area contributed by atoms with Gasteiger partial charge in [-0.15, -0.1) is 0 Å². The number of carbonyl (C=O) groups is 3. The summed E-state index contributed by atoms with van der Waals surface area (Å²) >= 11 is 1.93. The van der Waals surface area contributed by atoms with E-state index in [9.17, 15) is 14.4 Å². The molecular weight excluding hydrogens is 564 g/mol. The zero-order chi connectivity index (χ0) is 31.4. The Morgan fingerprint density at radius 2 is 1.81 bits per heavy atom. The van der Waals surface area contributed by atoms with Gasteiger partial charge in [-0.3, -0.25) is 9.10 Å². The van der Waals surface area contributed by atoms with E-state index < -0.39 is 11.5 Å². The Balaban J connectivity index is 1.37. The van der Waals surface area contributed by atoms with Gasteiger partial charge in [0, 0.05) is 56.7 Å². The van der Waals surface area contributed by atoms with Crippen molar-refractivity contribution < 1.29 is 19.1 Å². The molecule has 0 bridgehead atoms. The van der Waals surface area contributed by atoms with Gasteiger partial charge < -0.3 is 35.8 Å². The average molecular weight is 617 g/mol. The molecule has 0 saturated carbocycles. The molecule has 4 N–H and O–H groups in total. The summed E-state index contributed by atoms with van der Waals surface area (Å²) in [5, 5.41) is 17.5. The molecule has 1 unspecified atom stereocenters. The number of hydrogen-bond donors (Lipinski definition) is 4. The number of carbonyl (C=O) groups excluding carboxylic acids is 3. The summed E-state index contributed by atoms with van der Waals surface area (Å²) < 4.78 is 7.81. The van der Waals surface area contributed by atoms with Crippen LogP contribution >= 0.6 is 11.9 Å². The van der Waals surface area contributed by atoms with Crippen LogP contribution < -0.4 is 16.0 Å². The van der Waals surface area contributed by atoms with E-state index in [0.29, 0.717) is 12.3 Å². The molecule has 2 saturated heterocycles. The number of amides is 2. The molecule has 0 radical (unpaired) electrons. The number of rotatable bonds is 14. The standard InChI is InChI=1S/C32H52N6O4S/c1-32(2,3)42-31(41)36-26-13-18-38(19-14-26)43-20-6-15-37-16-11-23(12-17-37)24-7-9-27(28(21-24)34-4)30(33)25(22-39)8-10-29(40)35-5/h7,9,21-23,25-26,33-34H,6,8,10-20H2,1-5H3,(H,35,40)(H,36,41). The summed E-state index contributed by atoms with van der Waals surface area (Å²) in [4.78, 5) is 37.9. The predicted octanol–water partition coefficient (Wildman–Crippen LogP) is 4.64. The third-order valence-corrected chi connectivity index (χ3v) is 9.43. The van der Waals surface area contributed by atoms with E-state index in [-0.39, 0.29) is 30.2 Å². The second-order valence-electron chi connectivity index (χ2n) is 12.6. The molecular formula is C32H52N6O4S. The van der Waals surface area contributed by atoms with Crippen LogP contribution in [0.5, 0.6) is 0 Å². The summed E-state index contributed by atoms with van der Waals surface area (Å²) in [6.45, 7) is 10.9. The first-order valence-electron chi connectivity index (χ1n) is 15.7. The fraction of sp³-hybridized carbons (Fsp3) is 0.688. The Kier molecular flexibility index (Phi) is 13.8. The highest BCUT2D eigenvalue weighted by atomic mass is 32.2. The van der Waals surface area contributed by atoms with Crippen LogP contribution in [-0.2, 0) is 14.3 Å². The lowest BCUT2D eigenvalue weighted by atomic mass is 9.86. The first kappa shape index (κ1) is 34.9. The lowest BCUT2D eigenvalue weighted by Gasteiger charge is -2.33. The maximum atomic E-state index is 12.0. The van der Waals surface area contributed by atoms with E-state index in [0.717, 1.165) is 88.1 Å². The van der Waals surface area contributed by atoms with Gasteiger partial charge in [0.25, 0.3) is 0 Å². The van der Waals surface area contributed by atoms with Crippen LogP contribution in [-0.4, -0.2) is 97.4 Å². The van der Waals surface area contributed by atoms with Gasteiger partial charge in [0.1, 0.15) is 11.9 Å². The number of nitrogens with one attached hydrogen (secondary N) is 4. The summed E-state index contributed by atoms with van der Waals surface area (Å²) in [6.07, 6.45) is 6.28. The molecule has 1 aromatic carbocycles. The number of anilines is 1. The lowest BCUT2D eigenvalue weighted by Crippen LogP contribution is -2.44. The highest BCUT2D eigenvalue weighted by Gasteiger charge is 2.25. The number of aldehydes is 1. The van der Waals surface area contributed by atoms with Crippen molar-refractivity contribution in [2.24, 2.45) is 5.92 Å². The van der Waals surface area contributed by atoms with Crippen LogP contribution in [0.15, 0.2) is 18.2 Å². The van der Waals surface area contributed by atoms with Gasteiger partial charge in [0.15, 0.2) is 0 Å². The van der Waals surface area contributed by atoms with Crippen molar-refractivity contribution in [1.82, 2.24) is 19.8 Å². The van der Waals surface area contributed by atoms with E-state index in [2.05, 4.69) is 37.3 Å². The highest BCUT2D eigenvalue weighted by molar-refractivity contribution is 7.97. The van der Waals surface area contributed by atoms with Gasteiger partial charge in [-0.2, -0.15) is 0 Å². The van der Waals surface area contributed by atoms with Gasteiger partial charge >= 0.3 is 6.09 Å². The summed E-state index contributed by atoms with van der Waals surface area (Å²) in [6, 6.07) is 6.39. The molecule has 0 aliphatic carbocycles. The Hall–Kier alpha value is -2.63. The lowest BCUT2D eigenvalue weighted by molar-refractivity contribution is -0.120. The molecule has 2 amide bonds. The molecule has 2 aliphatic rings. The zero-order valence-electron chi connectivity index (χ0n) is 26.7. The summed E-state index contributed by atoms with van der Waals surface area (Å²) in [5.74, 6) is 0.852. The first-order chi connectivity index (χ1) is 20.5. The molecule has 3 rings (SSSR count). The minimum atomic E-state index is -0.607. The summed E-state index contributed by atoms with van der Waals surface area (Å²) in [7, 11) is 3.42. The van der Waals surface area contributed by atoms with Crippen LogP contribution in [0, 0.1) is 11.3 Å². The van der Waals surface area contributed by atoms with E-state index in [1.54, 1.807) is 7.05 Å². The SMILES string of the molecule is CNC(=O)CCC(C=O)C(=N)c1ccc(C2CCN(CCCSN3CCC(NC(=O)OC(C)(C)C)CC3)CC2)cc1NC. The largest absolute Gasteiger partial charge is 0.444 e. The molecule has 0 spiro atoms. The van der Waals surface area contributed by atoms with Gasteiger partial charge in [0.05, 0.1) is 11.6 Å². The molecule has 43 heavy (non-hydrogen) atoms. The molecule has 2 fully saturated rings. The zero-order valence-corrected chi connectivity index (χ0v) is 27.5. The van der Waals surface area contributed by atoms with Crippen molar-refractivity contribution in [2.45, 2.75) is 83.3 Å². The van der Waals surface area contributed by atoms with Crippen molar-refractivity contribution in [1.29, 1.82) is 5.41 Å². The monoisotopic (exact) mass is 616 g/mol. The van der Waals surface area contributed by atoms with Gasteiger partial charge in [-0.25, -0.2) is 4.79 Å². The maximum Gasteiger partial charge on any atom is 0.407 e. The molecule has 10 nitrogen and oxygen atoms in total. The maximum absolute atomic E-state index is 12.0. The number of nitrogens with zero attached hydrogens (tertiary/aromatic N) is 2. The predicted molar refractivity (Wildman–Crippen MR) is 175 cm³/mol. The van der Waals surface area contributed by atoms with E-state index in [1.807, 2.05) is 45.8 Å². The minimum Gasteiger partial charge on any atom is -0.444 e. The van der Waals surface area contributed by atoms with Crippen molar-refractivity contribution in [3.8, 4) is 0 Å². The van der Waals surface area contributed by atoms with Crippen LogP contribution in [0.1, 0.15) is 82.8 Å². The molecule has 2 aliphatic heterocycles.